The predicted octanol–water partition coefficient (Wildman–Crippen LogP) is 0.812. The molecule has 0 radical (unpaired) electrons. The van der Waals surface area contributed by atoms with Gasteiger partial charge in [0.05, 0.1) is 0 Å². The minimum absolute atomic E-state index is 0.279. The number of imide groups is 1. The molecule has 0 aliphatic carbocycles. The molecule has 1 heterocycles. The zero-order chi connectivity index (χ0) is 9.97. The lowest BCUT2D eigenvalue weighted by atomic mass is 10.1. The van der Waals surface area contributed by atoms with Crippen LogP contribution < -0.4 is 5.32 Å². The minimum Gasteiger partial charge on any atom is -0.289 e. The van der Waals surface area contributed by atoms with E-state index in [0.29, 0.717) is 12.0 Å². The van der Waals surface area contributed by atoms with E-state index in [9.17, 15) is 9.59 Å². The lowest BCUT2D eigenvalue weighted by molar-refractivity contribution is -0.123. The summed E-state index contributed by atoms with van der Waals surface area (Å²) in [7, 11) is 0. The summed E-state index contributed by atoms with van der Waals surface area (Å²) in [4.78, 5) is 22.0. The van der Waals surface area contributed by atoms with E-state index in [1.54, 1.807) is 0 Å². The van der Waals surface area contributed by atoms with E-state index in [1.165, 1.54) is 6.08 Å². The molecule has 1 aromatic carbocycles. The summed E-state index contributed by atoms with van der Waals surface area (Å²) in [5.41, 5.74) is 1.56. The van der Waals surface area contributed by atoms with Crippen molar-refractivity contribution in [3.8, 4) is 0 Å². The van der Waals surface area contributed by atoms with Gasteiger partial charge in [-0.3, -0.25) is 14.9 Å². The van der Waals surface area contributed by atoms with Gasteiger partial charge >= 0.3 is 0 Å². The summed E-state index contributed by atoms with van der Waals surface area (Å²) in [6, 6.07) is 9.58. The van der Waals surface area contributed by atoms with Crippen molar-refractivity contribution in [3.05, 3.63) is 47.5 Å². The molecule has 3 heteroatoms. The van der Waals surface area contributed by atoms with Crippen LogP contribution in [0, 0.1) is 0 Å². The lowest BCUT2D eigenvalue weighted by Gasteiger charge is -1.99. The smallest absolute Gasteiger partial charge is 0.254 e. The van der Waals surface area contributed by atoms with Crippen molar-refractivity contribution in [3.63, 3.8) is 0 Å². The average Bonchev–Trinajstić information content (AvgIpc) is 2.47. The fourth-order valence-corrected chi connectivity index (χ4v) is 1.40. The molecular weight excluding hydrogens is 178 g/mol. The van der Waals surface area contributed by atoms with Crippen LogP contribution in [0.25, 0.3) is 0 Å². The maximum absolute atomic E-state index is 11.2. The van der Waals surface area contributed by atoms with Gasteiger partial charge in [-0.05, 0) is 5.56 Å². The summed E-state index contributed by atoms with van der Waals surface area (Å²) in [5.74, 6) is -0.597. The fraction of sp³-hybridized carbons (Fsp3) is 0.0909. The van der Waals surface area contributed by atoms with E-state index in [-0.39, 0.29) is 11.8 Å². The molecule has 0 spiro atoms. The van der Waals surface area contributed by atoms with Gasteiger partial charge < -0.3 is 0 Å². The highest BCUT2D eigenvalue weighted by molar-refractivity contribution is 6.16. The van der Waals surface area contributed by atoms with Crippen molar-refractivity contribution in [1.29, 1.82) is 0 Å². The zero-order valence-electron chi connectivity index (χ0n) is 7.49. The van der Waals surface area contributed by atoms with Gasteiger partial charge in [-0.2, -0.15) is 0 Å². The molecule has 2 amide bonds. The number of hydrogen-bond acceptors (Lipinski definition) is 2. The number of nitrogens with one attached hydrogen (secondary N) is 1. The Morgan fingerprint density at radius 3 is 2.36 bits per heavy atom. The van der Waals surface area contributed by atoms with E-state index in [2.05, 4.69) is 5.32 Å². The first-order chi connectivity index (χ1) is 6.75. The van der Waals surface area contributed by atoms with Crippen LogP contribution >= 0.6 is 0 Å². The van der Waals surface area contributed by atoms with Crippen molar-refractivity contribution in [2.45, 2.75) is 6.42 Å². The SMILES string of the molecule is O=C1C=C(Cc2ccccc2)C(=O)N1. The van der Waals surface area contributed by atoms with Crippen LogP contribution in [0.15, 0.2) is 42.0 Å². The quantitative estimate of drug-likeness (QED) is 0.696. The Hall–Kier alpha value is -1.90. The first-order valence-electron chi connectivity index (χ1n) is 4.35. The van der Waals surface area contributed by atoms with Gasteiger partial charge in [0, 0.05) is 18.1 Å². The normalized spacial score (nSPS) is 15.3. The molecule has 0 fully saturated rings. The number of amides is 2. The first kappa shape index (κ1) is 8.69. The molecule has 0 aromatic heterocycles. The number of carbonyl (C=O) groups excluding carboxylic acids is 2. The maximum Gasteiger partial charge on any atom is 0.254 e. The Bertz CT molecular complexity index is 407. The second-order valence-electron chi connectivity index (χ2n) is 3.15. The van der Waals surface area contributed by atoms with E-state index >= 15 is 0 Å². The molecule has 0 unspecified atom stereocenters. The second-order valence-corrected chi connectivity index (χ2v) is 3.15. The van der Waals surface area contributed by atoms with Crippen LogP contribution in [0.2, 0.25) is 0 Å². The van der Waals surface area contributed by atoms with Gasteiger partial charge in [-0.25, -0.2) is 0 Å². The maximum atomic E-state index is 11.2. The van der Waals surface area contributed by atoms with Crippen molar-refractivity contribution < 1.29 is 9.59 Å². The van der Waals surface area contributed by atoms with Crippen molar-refractivity contribution in [2.75, 3.05) is 0 Å². The molecule has 0 bridgehead atoms. The number of carbonyl (C=O) groups is 2. The molecular formula is C11H9NO2. The summed E-state index contributed by atoms with van der Waals surface area (Å²) in [6.45, 7) is 0. The zero-order valence-corrected chi connectivity index (χ0v) is 7.49. The van der Waals surface area contributed by atoms with Gasteiger partial charge in [-0.15, -0.1) is 0 Å². The average molecular weight is 187 g/mol. The van der Waals surface area contributed by atoms with Crippen LogP contribution in [0.1, 0.15) is 5.56 Å². The van der Waals surface area contributed by atoms with Crippen LogP contribution in [0.3, 0.4) is 0 Å². The second kappa shape index (κ2) is 3.46. The molecule has 1 aliphatic rings. The van der Waals surface area contributed by atoms with Crippen LogP contribution in [0.4, 0.5) is 0 Å². The highest BCUT2D eigenvalue weighted by atomic mass is 16.2. The molecule has 0 saturated heterocycles. The molecule has 2 rings (SSSR count). The summed E-state index contributed by atoms with van der Waals surface area (Å²) in [5, 5.41) is 2.22. The fourth-order valence-electron chi connectivity index (χ4n) is 1.40. The number of benzene rings is 1. The van der Waals surface area contributed by atoms with Crippen LogP contribution in [0.5, 0.6) is 0 Å². The Morgan fingerprint density at radius 1 is 1.07 bits per heavy atom. The van der Waals surface area contributed by atoms with Gasteiger partial charge in [0.2, 0.25) is 0 Å². The van der Waals surface area contributed by atoms with Crippen molar-refractivity contribution in [1.82, 2.24) is 5.32 Å². The Kier molecular flexibility index (Phi) is 2.14. The topological polar surface area (TPSA) is 46.2 Å². The molecule has 0 atom stereocenters. The first-order valence-corrected chi connectivity index (χ1v) is 4.35. The van der Waals surface area contributed by atoms with E-state index < -0.39 is 0 Å². The number of hydrogen-bond donors (Lipinski definition) is 1. The molecule has 1 aliphatic heterocycles. The molecule has 14 heavy (non-hydrogen) atoms. The van der Waals surface area contributed by atoms with Gasteiger partial charge in [-0.1, -0.05) is 30.3 Å². The largest absolute Gasteiger partial charge is 0.289 e. The van der Waals surface area contributed by atoms with Gasteiger partial charge in [0.15, 0.2) is 0 Å². The van der Waals surface area contributed by atoms with Crippen LogP contribution in [-0.4, -0.2) is 11.8 Å². The molecule has 3 nitrogen and oxygen atoms in total. The van der Waals surface area contributed by atoms with E-state index in [1.807, 2.05) is 30.3 Å². The summed E-state index contributed by atoms with van der Waals surface area (Å²) < 4.78 is 0. The van der Waals surface area contributed by atoms with Crippen molar-refractivity contribution in [2.24, 2.45) is 0 Å². The third-order valence-corrected chi connectivity index (χ3v) is 2.07. The Labute approximate surface area is 81.4 Å². The Balaban J connectivity index is 2.16. The van der Waals surface area contributed by atoms with E-state index in [0.717, 1.165) is 5.56 Å². The number of rotatable bonds is 2. The highest BCUT2D eigenvalue weighted by Crippen LogP contribution is 2.10. The van der Waals surface area contributed by atoms with Gasteiger partial charge in [0.1, 0.15) is 0 Å². The predicted molar refractivity (Wildman–Crippen MR) is 51.4 cm³/mol. The van der Waals surface area contributed by atoms with Crippen LogP contribution in [-0.2, 0) is 16.0 Å². The molecule has 1 aromatic rings. The molecule has 1 N–H and O–H groups in total. The summed E-state index contributed by atoms with van der Waals surface area (Å²) in [6.07, 6.45) is 1.87. The Morgan fingerprint density at radius 2 is 1.79 bits per heavy atom. The summed E-state index contributed by atoms with van der Waals surface area (Å²) >= 11 is 0. The van der Waals surface area contributed by atoms with Crippen molar-refractivity contribution >= 4 is 11.8 Å². The molecule has 70 valence electrons. The standard InChI is InChI=1S/C11H9NO2/c13-10-7-9(11(14)12-10)6-8-4-2-1-3-5-8/h1-5,7H,6H2,(H,12,13,14). The monoisotopic (exact) mass is 187 g/mol. The highest BCUT2D eigenvalue weighted by Gasteiger charge is 2.20. The van der Waals surface area contributed by atoms with Gasteiger partial charge in [0.25, 0.3) is 11.8 Å². The van der Waals surface area contributed by atoms with E-state index in [4.69, 9.17) is 0 Å². The third-order valence-electron chi connectivity index (χ3n) is 2.07. The lowest BCUT2D eigenvalue weighted by Crippen LogP contribution is -2.22. The minimum atomic E-state index is -0.319. The third kappa shape index (κ3) is 1.71. The molecule has 0 saturated carbocycles.